The molecular formula is C19H21ClN6O2S. The predicted octanol–water partition coefficient (Wildman–Crippen LogP) is 2.37. The first-order chi connectivity index (χ1) is 13.9. The fourth-order valence-corrected chi connectivity index (χ4v) is 4.36. The number of rotatable bonds is 5. The quantitative estimate of drug-likeness (QED) is 0.661. The number of fused-ring (bicyclic) bond motifs is 1. The Morgan fingerprint density at radius 3 is 2.59 bits per heavy atom. The summed E-state index contributed by atoms with van der Waals surface area (Å²) in [5, 5.41) is 4.73. The molecule has 0 radical (unpaired) electrons. The minimum absolute atomic E-state index is 0.440. The van der Waals surface area contributed by atoms with Gasteiger partial charge in [0.05, 0.1) is 17.2 Å². The van der Waals surface area contributed by atoms with E-state index in [-0.39, 0.29) is 0 Å². The summed E-state index contributed by atoms with van der Waals surface area (Å²) < 4.78 is 24.9. The number of aromatic nitrogens is 3. The molecule has 1 fully saturated rings. The molecule has 3 heterocycles. The molecule has 0 saturated carbocycles. The van der Waals surface area contributed by atoms with Crippen LogP contribution in [-0.2, 0) is 16.6 Å². The highest BCUT2D eigenvalue weighted by atomic mass is 35.5. The lowest BCUT2D eigenvalue weighted by molar-refractivity contribution is 0.387. The van der Waals surface area contributed by atoms with E-state index in [1.54, 1.807) is 12.4 Å². The standard InChI is InChI=1S/C19H21ClN6O2S/c1-29(27,28)26-10-8-25(9-11-26)18-15-13-23-19(24-17(15)6-7-21-18)22-12-14-4-2-3-5-16(14)20/h2-7,13H,8-12H2,1H3,(H,22,23,24). The van der Waals surface area contributed by atoms with Crippen LogP contribution in [0.15, 0.2) is 42.7 Å². The molecule has 1 aromatic carbocycles. The van der Waals surface area contributed by atoms with Gasteiger partial charge in [-0.25, -0.2) is 23.4 Å². The molecule has 0 unspecified atom stereocenters. The van der Waals surface area contributed by atoms with Crippen LogP contribution in [0.1, 0.15) is 5.56 Å². The Bertz CT molecular complexity index is 1130. The first-order valence-corrected chi connectivity index (χ1v) is 11.4. The summed E-state index contributed by atoms with van der Waals surface area (Å²) in [4.78, 5) is 15.6. The minimum Gasteiger partial charge on any atom is -0.353 e. The molecule has 1 aliphatic rings. The fourth-order valence-electron chi connectivity index (χ4n) is 3.33. The maximum absolute atomic E-state index is 11.7. The second kappa shape index (κ2) is 8.10. The van der Waals surface area contributed by atoms with E-state index in [4.69, 9.17) is 11.6 Å². The van der Waals surface area contributed by atoms with Crippen molar-refractivity contribution in [1.29, 1.82) is 0 Å². The van der Waals surface area contributed by atoms with E-state index in [2.05, 4.69) is 25.2 Å². The first kappa shape index (κ1) is 19.8. The number of halogens is 1. The molecule has 0 aliphatic carbocycles. The van der Waals surface area contributed by atoms with Crippen molar-refractivity contribution in [3.8, 4) is 0 Å². The molecule has 0 atom stereocenters. The molecule has 1 saturated heterocycles. The van der Waals surface area contributed by atoms with E-state index < -0.39 is 10.0 Å². The Morgan fingerprint density at radius 1 is 1.10 bits per heavy atom. The molecule has 1 aliphatic heterocycles. The van der Waals surface area contributed by atoms with Crippen LogP contribution in [0, 0.1) is 0 Å². The van der Waals surface area contributed by atoms with Gasteiger partial charge in [-0.1, -0.05) is 29.8 Å². The molecule has 0 bridgehead atoms. The van der Waals surface area contributed by atoms with Crippen molar-refractivity contribution in [2.75, 3.05) is 42.7 Å². The van der Waals surface area contributed by atoms with E-state index in [0.29, 0.717) is 43.7 Å². The number of hydrogen-bond donors (Lipinski definition) is 1. The van der Waals surface area contributed by atoms with Gasteiger partial charge in [-0.15, -0.1) is 0 Å². The summed E-state index contributed by atoms with van der Waals surface area (Å²) in [7, 11) is -3.17. The van der Waals surface area contributed by atoms with Gasteiger partial charge in [0.2, 0.25) is 16.0 Å². The molecule has 0 amide bonds. The van der Waals surface area contributed by atoms with Crippen molar-refractivity contribution in [3.63, 3.8) is 0 Å². The van der Waals surface area contributed by atoms with Crippen molar-refractivity contribution in [2.45, 2.75) is 6.54 Å². The highest BCUT2D eigenvalue weighted by molar-refractivity contribution is 7.88. The van der Waals surface area contributed by atoms with Crippen LogP contribution in [0.5, 0.6) is 0 Å². The molecule has 0 spiro atoms. The number of anilines is 2. The third-order valence-corrected chi connectivity index (χ3v) is 6.56. The normalized spacial score (nSPS) is 15.6. The molecule has 152 valence electrons. The van der Waals surface area contributed by atoms with Gasteiger partial charge in [-0.3, -0.25) is 0 Å². The van der Waals surface area contributed by atoms with E-state index >= 15 is 0 Å². The predicted molar refractivity (Wildman–Crippen MR) is 115 cm³/mol. The van der Waals surface area contributed by atoms with Crippen LogP contribution in [0.2, 0.25) is 5.02 Å². The Morgan fingerprint density at radius 2 is 1.86 bits per heavy atom. The highest BCUT2D eigenvalue weighted by Crippen LogP contribution is 2.25. The van der Waals surface area contributed by atoms with Crippen LogP contribution < -0.4 is 10.2 Å². The number of nitrogens with zero attached hydrogens (tertiary/aromatic N) is 5. The van der Waals surface area contributed by atoms with E-state index in [1.165, 1.54) is 10.6 Å². The van der Waals surface area contributed by atoms with Crippen molar-refractivity contribution < 1.29 is 8.42 Å². The maximum Gasteiger partial charge on any atom is 0.223 e. The number of benzene rings is 1. The van der Waals surface area contributed by atoms with Crippen molar-refractivity contribution in [2.24, 2.45) is 0 Å². The van der Waals surface area contributed by atoms with Crippen LogP contribution in [0.25, 0.3) is 10.9 Å². The highest BCUT2D eigenvalue weighted by Gasteiger charge is 2.25. The van der Waals surface area contributed by atoms with Gasteiger partial charge in [0, 0.05) is 50.1 Å². The molecule has 2 aromatic heterocycles. The molecule has 10 heteroatoms. The van der Waals surface area contributed by atoms with Gasteiger partial charge < -0.3 is 10.2 Å². The number of hydrogen-bond acceptors (Lipinski definition) is 7. The van der Waals surface area contributed by atoms with Crippen LogP contribution in [-0.4, -0.2) is 60.1 Å². The Hall–Kier alpha value is -2.49. The Labute approximate surface area is 174 Å². The zero-order valence-electron chi connectivity index (χ0n) is 15.9. The molecular weight excluding hydrogens is 412 g/mol. The topological polar surface area (TPSA) is 91.3 Å². The zero-order valence-corrected chi connectivity index (χ0v) is 17.5. The van der Waals surface area contributed by atoms with Gasteiger partial charge >= 0.3 is 0 Å². The molecule has 3 aromatic rings. The maximum atomic E-state index is 11.7. The third-order valence-electron chi connectivity index (χ3n) is 4.89. The second-order valence-electron chi connectivity index (χ2n) is 6.86. The number of sulfonamides is 1. The second-order valence-corrected chi connectivity index (χ2v) is 9.24. The summed E-state index contributed by atoms with van der Waals surface area (Å²) in [6.07, 6.45) is 4.71. The zero-order chi connectivity index (χ0) is 20.4. The number of piperazine rings is 1. The van der Waals surface area contributed by atoms with Crippen molar-refractivity contribution >= 4 is 44.3 Å². The van der Waals surface area contributed by atoms with E-state index in [1.807, 2.05) is 30.3 Å². The van der Waals surface area contributed by atoms with Gasteiger partial charge in [0.25, 0.3) is 0 Å². The van der Waals surface area contributed by atoms with Gasteiger partial charge in [-0.2, -0.15) is 4.31 Å². The largest absolute Gasteiger partial charge is 0.353 e. The molecule has 4 rings (SSSR count). The van der Waals surface area contributed by atoms with E-state index in [9.17, 15) is 8.42 Å². The molecule has 1 N–H and O–H groups in total. The lowest BCUT2D eigenvalue weighted by atomic mass is 10.2. The van der Waals surface area contributed by atoms with Gasteiger partial charge in [0.15, 0.2) is 0 Å². The van der Waals surface area contributed by atoms with E-state index in [0.717, 1.165) is 22.3 Å². The molecule has 29 heavy (non-hydrogen) atoms. The average molecular weight is 433 g/mol. The van der Waals surface area contributed by atoms with Gasteiger partial charge in [-0.05, 0) is 17.7 Å². The van der Waals surface area contributed by atoms with Crippen LogP contribution in [0.4, 0.5) is 11.8 Å². The first-order valence-electron chi connectivity index (χ1n) is 9.21. The van der Waals surface area contributed by atoms with Crippen molar-refractivity contribution in [3.05, 3.63) is 53.3 Å². The van der Waals surface area contributed by atoms with Crippen LogP contribution in [0.3, 0.4) is 0 Å². The van der Waals surface area contributed by atoms with Crippen LogP contribution >= 0.6 is 11.6 Å². The Kier molecular flexibility index (Phi) is 5.53. The van der Waals surface area contributed by atoms with Gasteiger partial charge in [0.1, 0.15) is 5.82 Å². The Balaban J connectivity index is 1.52. The number of pyridine rings is 1. The van der Waals surface area contributed by atoms with Crippen molar-refractivity contribution in [1.82, 2.24) is 19.3 Å². The lowest BCUT2D eigenvalue weighted by Crippen LogP contribution is -2.48. The smallest absolute Gasteiger partial charge is 0.223 e. The fraction of sp³-hybridized carbons (Fsp3) is 0.316. The molecule has 8 nitrogen and oxygen atoms in total. The number of nitrogens with one attached hydrogen (secondary N) is 1. The summed E-state index contributed by atoms with van der Waals surface area (Å²) in [6, 6.07) is 9.47. The monoisotopic (exact) mass is 432 g/mol. The summed E-state index contributed by atoms with van der Waals surface area (Å²) >= 11 is 6.20. The third kappa shape index (κ3) is 4.42. The SMILES string of the molecule is CS(=O)(=O)N1CCN(c2nccc3nc(NCc4ccccc4Cl)ncc23)CC1. The lowest BCUT2D eigenvalue weighted by Gasteiger charge is -2.34. The summed E-state index contributed by atoms with van der Waals surface area (Å²) in [5.41, 5.74) is 1.74. The minimum atomic E-state index is -3.17. The summed E-state index contributed by atoms with van der Waals surface area (Å²) in [6.45, 7) is 2.55. The average Bonchev–Trinajstić information content (AvgIpc) is 2.72. The summed E-state index contributed by atoms with van der Waals surface area (Å²) in [5.74, 6) is 1.28.